The third kappa shape index (κ3) is 2.99. The van der Waals surface area contributed by atoms with Crippen LogP contribution >= 0.6 is 0 Å². The van der Waals surface area contributed by atoms with E-state index in [0.717, 1.165) is 35.7 Å². The summed E-state index contributed by atoms with van der Waals surface area (Å²) in [4.78, 5) is 4.61. The molecule has 20 heavy (non-hydrogen) atoms. The summed E-state index contributed by atoms with van der Waals surface area (Å²) in [5.41, 5.74) is 5.66. The van der Waals surface area contributed by atoms with Gasteiger partial charge in [-0.15, -0.1) is 0 Å². The molecule has 0 radical (unpaired) electrons. The van der Waals surface area contributed by atoms with Crippen LogP contribution < -0.4 is 10.1 Å². The monoisotopic (exact) mass is 270 g/mol. The number of pyridine rings is 1. The van der Waals surface area contributed by atoms with Crippen LogP contribution in [-0.4, -0.2) is 19.1 Å². The molecule has 0 aliphatic heterocycles. The fraction of sp³-hybridized carbons (Fsp3) is 0.353. The fourth-order valence-electron chi connectivity index (χ4n) is 2.41. The zero-order chi connectivity index (χ0) is 14.5. The van der Waals surface area contributed by atoms with Gasteiger partial charge in [-0.25, -0.2) is 0 Å². The van der Waals surface area contributed by atoms with Crippen molar-refractivity contribution in [3.8, 4) is 17.0 Å². The average molecular weight is 270 g/mol. The first-order valence-electron chi connectivity index (χ1n) is 6.98. The molecule has 1 aromatic carbocycles. The van der Waals surface area contributed by atoms with Gasteiger partial charge in [-0.1, -0.05) is 13.0 Å². The lowest BCUT2D eigenvalue weighted by molar-refractivity contribution is 0.415. The summed E-state index contributed by atoms with van der Waals surface area (Å²) >= 11 is 0. The molecular formula is C17H22N2O. The number of nitrogens with zero attached hydrogens (tertiary/aromatic N) is 1. The number of hydrogen-bond donors (Lipinski definition) is 1. The van der Waals surface area contributed by atoms with Crippen molar-refractivity contribution < 1.29 is 4.74 Å². The van der Waals surface area contributed by atoms with E-state index < -0.39 is 0 Å². The molecule has 0 aliphatic carbocycles. The summed E-state index contributed by atoms with van der Waals surface area (Å²) in [6, 6.07) is 10.4. The van der Waals surface area contributed by atoms with E-state index in [1.165, 1.54) is 11.1 Å². The van der Waals surface area contributed by atoms with E-state index in [4.69, 9.17) is 4.74 Å². The Morgan fingerprint density at radius 2 is 2.00 bits per heavy atom. The highest BCUT2D eigenvalue weighted by atomic mass is 16.5. The van der Waals surface area contributed by atoms with Gasteiger partial charge in [-0.3, -0.25) is 4.98 Å². The molecule has 3 heteroatoms. The summed E-state index contributed by atoms with van der Waals surface area (Å²) in [5.74, 6) is 0.880. The van der Waals surface area contributed by atoms with Gasteiger partial charge in [0.1, 0.15) is 5.75 Å². The SMILES string of the molecule is CCc1cc(-c2cccc(C)n2)c(OC)cc1CNC. The van der Waals surface area contributed by atoms with E-state index in [9.17, 15) is 0 Å². The fourth-order valence-corrected chi connectivity index (χ4v) is 2.41. The Labute approximate surface area is 121 Å². The normalized spacial score (nSPS) is 10.6. The van der Waals surface area contributed by atoms with Crippen LogP contribution in [0.15, 0.2) is 30.3 Å². The second-order valence-electron chi connectivity index (χ2n) is 4.87. The van der Waals surface area contributed by atoms with E-state index in [0.29, 0.717) is 0 Å². The summed E-state index contributed by atoms with van der Waals surface area (Å²) in [7, 11) is 3.67. The van der Waals surface area contributed by atoms with E-state index in [1.807, 2.05) is 32.2 Å². The van der Waals surface area contributed by atoms with Gasteiger partial charge in [0.05, 0.1) is 12.8 Å². The molecule has 1 aromatic heterocycles. The van der Waals surface area contributed by atoms with Crippen LogP contribution in [0.1, 0.15) is 23.7 Å². The van der Waals surface area contributed by atoms with Gasteiger partial charge in [0.2, 0.25) is 0 Å². The summed E-state index contributed by atoms with van der Waals surface area (Å²) in [5, 5.41) is 3.21. The molecule has 0 spiro atoms. The van der Waals surface area contributed by atoms with Gasteiger partial charge in [0, 0.05) is 17.8 Å². The molecule has 2 rings (SSSR count). The second-order valence-corrected chi connectivity index (χ2v) is 4.87. The Kier molecular flexibility index (Phi) is 4.74. The molecular weight excluding hydrogens is 248 g/mol. The number of aryl methyl sites for hydroxylation is 2. The minimum atomic E-state index is 0.848. The molecule has 0 saturated heterocycles. The topological polar surface area (TPSA) is 34.1 Å². The van der Waals surface area contributed by atoms with Crippen LogP contribution in [0.25, 0.3) is 11.3 Å². The number of nitrogens with one attached hydrogen (secondary N) is 1. The Bertz CT molecular complexity index is 594. The first-order chi connectivity index (χ1) is 9.69. The highest BCUT2D eigenvalue weighted by molar-refractivity contribution is 5.69. The number of methoxy groups -OCH3 is 1. The predicted octanol–water partition coefficient (Wildman–Crippen LogP) is 3.35. The standard InChI is InChI=1S/C17H22N2O/c1-5-13-9-15(16-8-6-7-12(2)19-16)17(20-4)10-14(13)11-18-3/h6-10,18H,5,11H2,1-4H3. The first kappa shape index (κ1) is 14.5. The zero-order valence-electron chi connectivity index (χ0n) is 12.7. The molecule has 0 unspecified atom stereocenters. The average Bonchev–Trinajstić information content (AvgIpc) is 2.47. The molecule has 106 valence electrons. The molecule has 0 atom stereocenters. The molecule has 2 aromatic rings. The van der Waals surface area contributed by atoms with Crippen molar-refractivity contribution in [3.05, 3.63) is 47.2 Å². The van der Waals surface area contributed by atoms with E-state index in [1.54, 1.807) is 7.11 Å². The van der Waals surface area contributed by atoms with Gasteiger partial charge in [-0.05, 0) is 55.8 Å². The Balaban J connectivity index is 2.57. The molecule has 0 aliphatic rings. The molecule has 0 fully saturated rings. The third-order valence-corrected chi connectivity index (χ3v) is 3.43. The van der Waals surface area contributed by atoms with Crippen molar-refractivity contribution in [1.29, 1.82) is 0 Å². The van der Waals surface area contributed by atoms with Crippen LogP contribution in [0.2, 0.25) is 0 Å². The third-order valence-electron chi connectivity index (χ3n) is 3.43. The quantitative estimate of drug-likeness (QED) is 0.904. The second kappa shape index (κ2) is 6.53. The van der Waals surface area contributed by atoms with Crippen molar-refractivity contribution >= 4 is 0 Å². The first-order valence-corrected chi connectivity index (χ1v) is 6.98. The number of aromatic nitrogens is 1. The van der Waals surface area contributed by atoms with Crippen LogP contribution in [0.4, 0.5) is 0 Å². The highest BCUT2D eigenvalue weighted by Gasteiger charge is 2.12. The maximum absolute atomic E-state index is 5.56. The number of benzene rings is 1. The molecule has 3 nitrogen and oxygen atoms in total. The van der Waals surface area contributed by atoms with Gasteiger partial charge in [0.25, 0.3) is 0 Å². The smallest absolute Gasteiger partial charge is 0.128 e. The molecule has 0 amide bonds. The summed E-state index contributed by atoms with van der Waals surface area (Å²) in [6.07, 6.45) is 1.000. The zero-order valence-corrected chi connectivity index (χ0v) is 12.7. The predicted molar refractivity (Wildman–Crippen MR) is 83.1 cm³/mol. The van der Waals surface area contributed by atoms with Crippen molar-refractivity contribution in [3.63, 3.8) is 0 Å². The lowest BCUT2D eigenvalue weighted by Gasteiger charge is -2.15. The molecule has 0 bridgehead atoms. The van der Waals surface area contributed by atoms with Gasteiger partial charge >= 0.3 is 0 Å². The maximum Gasteiger partial charge on any atom is 0.128 e. The highest BCUT2D eigenvalue weighted by Crippen LogP contribution is 2.32. The number of hydrogen-bond acceptors (Lipinski definition) is 3. The molecule has 0 saturated carbocycles. The van der Waals surface area contributed by atoms with Gasteiger partial charge in [0.15, 0.2) is 0 Å². The number of rotatable bonds is 5. The van der Waals surface area contributed by atoms with Gasteiger partial charge < -0.3 is 10.1 Å². The van der Waals surface area contributed by atoms with Crippen LogP contribution in [0.3, 0.4) is 0 Å². The Hall–Kier alpha value is -1.87. The lowest BCUT2D eigenvalue weighted by atomic mass is 9.98. The summed E-state index contributed by atoms with van der Waals surface area (Å²) in [6.45, 7) is 5.03. The number of ether oxygens (including phenoxy) is 1. The van der Waals surface area contributed by atoms with Crippen molar-refractivity contribution in [2.45, 2.75) is 26.8 Å². The lowest BCUT2D eigenvalue weighted by Crippen LogP contribution is -2.08. The van der Waals surface area contributed by atoms with Crippen LogP contribution in [-0.2, 0) is 13.0 Å². The Morgan fingerprint density at radius 3 is 2.60 bits per heavy atom. The largest absolute Gasteiger partial charge is 0.496 e. The van der Waals surface area contributed by atoms with Crippen molar-refractivity contribution in [2.24, 2.45) is 0 Å². The summed E-state index contributed by atoms with van der Waals surface area (Å²) < 4.78 is 5.56. The minimum absolute atomic E-state index is 0.848. The van der Waals surface area contributed by atoms with Crippen LogP contribution in [0.5, 0.6) is 5.75 Å². The molecule has 1 heterocycles. The van der Waals surface area contributed by atoms with E-state index >= 15 is 0 Å². The minimum Gasteiger partial charge on any atom is -0.496 e. The van der Waals surface area contributed by atoms with E-state index in [-0.39, 0.29) is 0 Å². The van der Waals surface area contributed by atoms with Crippen molar-refractivity contribution in [2.75, 3.05) is 14.2 Å². The molecule has 1 N–H and O–H groups in total. The van der Waals surface area contributed by atoms with Crippen molar-refractivity contribution in [1.82, 2.24) is 10.3 Å². The maximum atomic E-state index is 5.56. The van der Waals surface area contributed by atoms with Gasteiger partial charge in [-0.2, -0.15) is 0 Å². The Morgan fingerprint density at radius 1 is 1.20 bits per heavy atom. The van der Waals surface area contributed by atoms with E-state index in [2.05, 4.69) is 29.4 Å². The van der Waals surface area contributed by atoms with Crippen LogP contribution in [0, 0.1) is 6.92 Å².